The zero-order chi connectivity index (χ0) is 36.1. The van der Waals surface area contributed by atoms with Crippen molar-refractivity contribution >= 4 is 8.83 Å². The largest absolute Gasteiger partial charge is 1.00 e. The molecule has 4 aliphatic rings. The van der Waals surface area contributed by atoms with Gasteiger partial charge < -0.3 is 24.8 Å². The molecule has 0 heterocycles. The molecule has 0 spiro atoms. The van der Waals surface area contributed by atoms with Gasteiger partial charge in [-0.3, -0.25) is 0 Å². The number of benzene rings is 3. The van der Waals surface area contributed by atoms with E-state index in [1.165, 1.54) is 49.5 Å². The van der Waals surface area contributed by atoms with Gasteiger partial charge in [-0.1, -0.05) is 113 Å². The Morgan fingerprint density at radius 3 is 1.79 bits per heavy atom. The standard InChI is InChI=1S/C29H37.C15H14.C5H5.2ClH.Hf/c1-18-25-22-17-19-13-9-10-14-20(19)24(22)21-15-11-12-16-23(21)29(25,8)28(6,7)27(4,5)26(18,2)3;1-12-3-7-14(8-4-12)11-15-9-5-13(2)6-10-15;1-2-4-5-3-1;;;/h9-11,13-15,23H,12,16-17H2,1-8H3;3-10H,1-2H3;1-5H;2*1H;/q-1;;-1;;;+2/p-2. The first-order valence-corrected chi connectivity index (χ1v) is 20.4. The van der Waals surface area contributed by atoms with Gasteiger partial charge in [0, 0.05) is 0 Å². The molecule has 0 nitrogen and oxygen atoms in total. The summed E-state index contributed by atoms with van der Waals surface area (Å²) in [6, 6.07) is 36.8. The fourth-order valence-corrected chi connectivity index (χ4v) is 10.7. The fraction of sp³-hybridized carbons (Fsp3) is 0.367. The molecule has 52 heavy (non-hydrogen) atoms. The van der Waals surface area contributed by atoms with E-state index in [2.05, 4.69) is 154 Å². The summed E-state index contributed by atoms with van der Waals surface area (Å²) in [5, 5.41) is 0. The normalized spacial score (nSPS) is 22.5. The molecule has 2 atom stereocenters. The summed E-state index contributed by atoms with van der Waals surface area (Å²) in [5.74, 6) is 2.24. The number of fused-ring (bicyclic) bond motifs is 6. The van der Waals surface area contributed by atoms with Gasteiger partial charge in [0.15, 0.2) is 0 Å². The number of halogens is 2. The van der Waals surface area contributed by atoms with Crippen molar-refractivity contribution in [3.05, 3.63) is 171 Å². The van der Waals surface area contributed by atoms with E-state index in [4.69, 9.17) is 0 Å². The summed E-state index contributed by atoms with van der Waals surface area (Å²) in [6.45, 7) is 24.5. The minimum atomic E-state index is 0. The van der Waals surface area contributed by atoms with Crippen LogP contribution in [-0.2, 0) is 30.3 Å². The first-order chi connectivity index (χ1) is 23.6. The van der Waals surface area contributed by atoms with Crippen LogP contribution in [0.1, 0.15) is 102 Å². The first kappa shape index (κ1) is 42.2. The summed E-state index contributed by atoms with van der Waals surface area (Å²) in [7, 11) is 0. The van der Waals surface area contributed by atoms with Crippen LogP contribution in [0.25, 0.3) is 5.57 Å². The molecule has 4 aliphatic carbocycles. The molecule has 272 valence electrons. The number of hydrogen-bond acceptors (Lipinski definition) is 0. The van der Waals surface area contributed by atoms with Crippen molar-refractivity contribution < 1.29 is 48.7 Å². The average Bonchev–Trinajstić information content (AvgIpc) is 3.81. The van der Waals surface area contributed by atoms with Crippen molar-refractivity contribution in [2.75, 3.05) is 0 Å². The van der Waals surface area contributed by atoms with Crippen molar-refractivity contribution in [3.63, 3.8) is 0 Å². The van der Waals surface area contributed by atoms with Crippen LogP contribution < -0.4 is 24.8 Å². The molecule has 0 saturated heterocycles. The molecule has 0 radical (unpaired) electrons. The number of rotatable bonds is 2. The zero-order valence-electron chi connectivity index (χ0n) is 32.9. The van der Waals surface area contributed by atoms with Crippen molar-refractivity contribution in [2.24, 2.45) is 27.6 Å². The number of allylic oxidation sites excluding steroid dienone is 6. The summed E-state index contributed by atoms with van der Waals surface area (Å²) in [4.78, 5) is 0. The molecule has 8 rings (SSSR count). The van der Waals surface area contributed by atoms with Gasteiger partial charge in [0.2, 0.25) is 0 Å². The second-order valence-corrected chi connectivity index (χ2v) is 18.6. The van der Waals surface area contributed by atoms with E-state index in [0.29, 0.717) is 5.92 Å². The van der Waals surface area contributed by atoms with Crippen molar-refractivity contribution in [1.82, 2.24) is 0 Å². The quantitative estimate of drug-likeness (QED) is 0.154. The van der Waals surface area contributed by atoms with Crippen LogP contribution in [0.5, 0.6) is 0 Å². The SMILES string of the molecule is C[C-]1C2=C3Cc4ccccc4C3=C3C=CCCC3C2(C)C(C)(C)C(C)(C)C1(C)C.Cc1ccc([C](=[Hf+2])c2ccc(C)cc2)cc1.[Cl-].[Cl-].c1cc[cH-]c1. The predicted octanol–water partition coefficient (Wildman–Crippen LogP) is 6.80. The van der Waals surface area contributed by atoms with Crippen LogP contribution in [0.4, 0.5) is 0 Å². The van der Waals surface area contributed by atoms with Gasteiger partial charge in [-0.2, -0.15) is 29.3 Å². The molecule has 1 fully saturated rings. The maximum atomic E-state index is 2.62. The molecule has 0 amide bonds. The number of aryl methyl sites for hydroxylation is 2. The van der Waals surface area contributed by atoms with Crippen LogP contribution in [0.3, 0.4) is 0 Å². The second kappa shape index (κ2) is 16.0. The molecule has 3 heteroatoms. The van der Waals surface area contributed by atoms with Gasteiger partial charge in [-0.05, 0) is 40.6 Å². The van der Waals surface area contributed by atoms with E-state index < -0.39 is 0 Å². The monoisotopic (exact) mass is 894 g/mol. The Bertz CT molecular complexity index is 1880. The van der Waals surface area contributed by atoms with Gasteiger partial charge >= 0.3 is 112 Å². The Morgan fingerprint density at radius 2 is 1.27 bits per heavy atom. The zero-order valence-corrected chi connectivity index (χ0v) is 38.0. The van der Waals surface area contributed by atoms with Crippen LogP contribution in [-0.4, -0.2) is 3.26 Å². The molecule has 2 unspecified atom stereocenters. The van der Waals surface area contributed by atoms with Gasteiger partial charge in [0.05, 0.1) is 0 Å². The third-order valence-corrected chi connectivity index (χ3v) is 16.1. The summed E-state index contributed by atoms with van der Waals surface area (Å²) in [6.07, 6.45) is 8.50. The molecule has 0 bridgehead atoms. The smallest absolute Gasteiger partial charge is 0.172 e. The molecule has 0 aliphatic heterocycles. The Labute approximate surface area is 342 Å². The number of hydrogen-bond donors (Lipinski definition) is 0. The topological polar surface area (TPSA) is 0 Å². The minimum absolute atomic E-state index is 0. The molecule has 4 aromatic carbocycles. The van der Waals surface area contributed by atoms with Gasteiger partial charge in [-0.25, -0.2) is 18.1 Å². The summed E-state index contributed by atoms with van der Waals surface area (Å²) in [5.41, 5.74) is 15.7. The van der Waals surface area contributed by atoms with Crippen LogP contribution in [0.15, 0.2) is 132 Å². The fourth-order valence-electron chi connectivity index (χ4n) is 9.50. The van der Waals surface area contributed by atoms with E-state index in [0.717, 1.165) is 30.3 Å². The Balaban J connectivity index is 0.000000221. The van der Waals surface area contributed by atoms with Gasteiger partial charge in [0.1, 0.15) is 0 Å². The van der Waals surface area contributed by atoms with E-state index in [1.807, 2.05) is 30.3 Å². The van der Waals surface area contributed by atoms with Gasteiger partial charge in [-0.15, -0.1) is 6.92 Å². The Hall–Kier alpha value is -2.58. The average molecular weight is 894 g/mol. The Kier molecular flexibility index (Phi) is 13.0. The maximum absolute atomic E-state index is 2.62. The van der Waals surface area contributed by atoms with Crippen molar-refractivity contribution in [3.8, 4) is 0 Å². The molecule has 4 aromatic rings. The van der Waals surface area contributed by atoms with Gasteiger partial charge in [0.25, 0.3) is 0 Å². The third-order valence-electron chi connectivity index (χ3n) is 14.0. The van der Waals surface area contributed by atoms with Crippen LogP contribution >= 0.6 is 0 Å². The second-order valence-electron chi connectivity index (χ2n) is 16.8. The molecule has 0 N–H and O–H groups in total. The maximum Gasteiger partial charge on any atom is -0.172 e. The van der Waals surface area contributed by atoms with Crippen LogP contribution in [0, 0.1) is 47.3 Å². The van der Waals surface area contributed by atoms with E-state index >= 15 is 0 Å². The minimum Gasteiger partial charge on any atom is -1.00 e. The van der Waals surface area contributed by atoms with Crippen LogP contribution in [0.2, 0.25) is 0 Å². The molecule has 1 saturated carbocycles. The Morgan fingerprint density at radius 1 is 0.731 bits per heavy atom. The predicted molar refractivity (Wildman–Crippen MR) is 212 cm³/mol. The summed E-state index contributed by atoms with van der Waals surface area (Å²) < 4.78 is 1.47. The van der Waals surface area contributed by atoms with E-state index in [9.17, 15) is 0 Å². The van der Waals surface area contributed by atoms with Crippen molar-refractivity contribution in [2.45, 2.75) is 88.5 Å². The first-order valence-electron chi connectivity index (χ1n) is 18.6. The van der Waals surface area contributed by atoms with Crippen molar-refractivity contribution in [1.29, 1.82) is 0 Å². The van der Waals surface area contributed by atoms with E-state index in [1.54, 1.807) is 28.2 Å². The molecular weight excluding hydrogens is 838 g/mol. The molecule has 0 aromatic heterocycles. The summed E-state index contributed by atoms with van der Waals surface area (Å²) >= 11 is 1.08. The van der Waals surface area contributed by atoms with E-state index in [-0.39, 0.29) is 46.5 Å². The third kappa shape index (κ3) is 6.93. The molecular formula is C49H56Cl2Hf-2.